The van der Waals surface area contributed by atoms with Crippen LogP contribution in [-0.4, -0.2) is 11.1 Å². The molecule has 0 bridgehead atoms. The van der Waals surface area contributed by atoms with Gasteiger partial charge in [-0.2, -0.15) is 0 Å². The highest BCUT2D eigenvalue weighted by Crippen LogP contribution is 2.29. The SMILES string of the molecule is O=C(O)c1ccc(-c2ccc(Cl)cc2I)o1. The fraction of sp³-hybridized carbons (Fsp3) is 0. The highest BCUT2D eigenvalue weighted by molar-refractivity contribution is 14.1. The Labute approximate surface area is 110 Å². The van der Waals surface area contributed by atoms with Crippen molar-refractivity contribution in [2.75, 3.05) is 0 Å². The number of carboxylic acid groups (broad SMARTS) is 1. The van der Waals surface area contributed by atoms with E-state index in [1.54, 1.807) is 24.3 Å². The minimum atomic E-state index is -1.07. The zero-order chi connectivity index (χ0) is 11.7. The van der Waals surface area contributed by atoms with Crippen LogP contribution >= 0.6 is 34.2 Å². The molecule has 0 aliphatic carbocycles. The molecule has 5 heteroatoms. The highest BCUT2D eigenvalue weighted by Gasteiger charge is 2.12. The second kappa shape index (κ2) is 4.47. The van der Waals surface area contributed by atoms with Crippen LogP contribution in [0.25, 0.3) is 11.3 Å². The molecule has 0 atom stereocenters. The van der Waals surface area contributed by atoms with E-state index in [4.69, 9.17) is 21.1 Å². The van der Waals surface area contributed by atoms with Gasteiger partial charge >= 0.3 is 5.97 Å². The van der Waals surface area contributed by atoms with Gasteiger partial charge in [0.2, 0.25) is 5.76 Å². The predicted octanol–water partition coefficient (Wildman–Crippen LogP) is 3.90. The van der Waals surface area contributed by atoms with Crippen LogP contribution in [-0.2, 0) is 0 Å². The molecule has 0 radical (unpaired) electrons. The lowest BCUT2D eigenvalue weighted by atomic mass is 10.2. The first-order valence-electron chi connectivity index (χ1n) is 4.36. The molecule has 0 aliphatic rings. The number of benzene rings is 1. The molecular formula is C11H6ClIO3. The molecule has 1 aromatic carbocycles. The van der Waals surface area contributed by atoms with Crippen LogP contribution in [0, 0.1) is 3.57 Å². The zero-order valence-electron chi connectivity index (χ0n) is 7.91. The Morgan fingerprint density at radius 3 is 2.62 bits per heavy atom. The summed E-state index contributed by atoms with van der Waals surface area (Å²) in [7, 11) is 0. The third-order valence-electron chi connectivity index (χ3n) is 2.01. The maximum Gasteiger partial charge on any atom is 0.371 e. The summed E-state index contributed by atoms with van der Waals surface area (Å²) in [5, 5.41) is 9.38. The zero-order valence-corrected chi connectivity index (χ0v) is 10.8. The number of carboxylic acids is 1. The van der Waals surface area contributed by atoms with Crippen LogP contribution in [0.4, 0.5) is 0 Å². The van der Waals surface area contributed by atoms with Crippen molar-refractivity contribution in [1.29, 1.82) is 0 Å². The Morgan fingerprint density at radius 1 is 1.31 bits per heavy atom. The first-order valence-corrected chi connectivity index (χ1v) is 5.82. The van der Waals surface area contributed by atoms with Crippen LogP contribution in [0.1, 0.15) is 10.6 Å². The molecule has 0 aliphatic heterocycles. The van der Waals surface area contributed by atoms with Crippen molar-refractivity contribution in [2.45, 2.75) is 0 Å². The third-order valence-corrected chi connectivity index (χ3v) is 3.14. The lowest BCUT2D eigenvalue weighted by Gasteiger charge is -2.01. The summed E-state index contributed by atoms with van der Waals surface area (Å²) in [6, 6.07) is 8.40. The van der Waals surface area contributed by atoms with Gasteiger partial charge in [-0.05, 0) is 52.9 Å². The first kappa shape index (κ1) is 11.5. The Morgan fingerprint density at radius 2 is 2.06 bits per heavy atom. The van der Waals surface area contributed by atoms with Gasteiger partial charge in [-0.15, -0.1) is 0 Å². The molecule has 0 amide bonds. The van der Waals surface area contributed by atoms with E-state index in [1.807, 2.05) is 0 Å². The van der Waals surface area contributed by atoms with E-state index in [9.17, 15) is 4.79 Å². The number of halogens is 2. The van der Waals surface area contributed by atoms with Gasteiger partial charge in [-0.25, -0.2) is 4.79 Å². The smallest absolute Gasteiger partial charge is 0.371 e. The number of furan rings is 1. The molecule has 2 aromatic rings. The number of rotatable bonds is 2. The first-order chi connectivity index (χ1) is 7.58. The number of carbonyl (C=O) groups is 1. The van der Waals surface area contributed by atoms with Crippen LogP contribution in [0.5, 0.6) is 0 Å². The van der Waals surface area contributed by atoms with E-state index in [0.29, 0.717) is 10.8 Å². The van der Waals surface area contributed by atoms with Crippen LogP contribution in [0.3, 0.4) is 0 Å². The second-order valence-corrected chi connectivity index (χ2v) is 4.69. The van der Waals surface area contributed by atoms with Gasteiger partial charge < -0.3 is 9.52 Å². The average Bonchev–Trinajstić information content (AvgIpc) is 2.66. The van der Waals surface area contributed by atoms with Crippen molar-refractivity contribution in [3.63, 3.8) is 0 Å². The van der Waals surface area contributed by atoms with E-state index in [2.05, 4.69) is 22.6 Å². The molecule has 0 saturated heterocycles. The maximum atomic E-state index is 10.7. The third kappa shape index (κ3) is 2.22. The molecule has 0 fully saturated rings. The summed E-state index contributed by atoms with van der Waals surface area (Å²) >= 11 is 7.95. The monoisotopic (exact) mass is 348 g/mol. The summed E-state index contributed by atoms with van der Waals surface area (Å²) in [5.41, 5.74) is 0.831. The summed E-state index contributed by atoms with van der Waals surface area (Å²) in [6.45, 7) is 0. The molecular weight excluding hydrogens is 342 g/mol. The van der Waals surface area contributed by atoms with Crippen molar-refractivity contribution in [1.82, 2.24) is 0 Å². The Balaban J connectivity index is 2.46. The van der Waals surface area contributed by atoms with E-state index >= 15 is 0 Å². The lowest BCUT2D eigenvalue weighted by Crippen LogP contribution is -1.91. The fourth-order valence-corrected chi connectivity index (χ4v) is 2.42. The minimum absolute atomic E-state index is 0.0687. The van der Waals surface area contributed by atoms with Gasteiger partial charge in [0.25, 0.3) is 0 Å². The van der Waals surface area contributed by atoms with Crippen molar-refractivity contribution >= 4 is 40.2 Å². The van der Waals surface area contributed by atoms with Crippen LogP contribution < -0.4 is 0 Å². The molecule has 1 aromatic heterocycles. The molecule has 3 nitrogen and oxygen atoms in total. The summed E-state index contributed by atoms with van der Waals surface area (Å²) in [4.78, 5) is 10.7. The summed E-state index contributed by atoms with van der Waals surface area (Å²) in [5.74, 6) is -0.616. The fourth-order valence-electron chi connectivity index (χ4n) is 1.29. The van der Waals surface area contributed by atoms with E-state index < -0.39 is 5.97 Å². The standard InChI is InChI=1S/C11H6ClIO3/c12-6-1-2-7(8(13)5-6)9-3-4-10(16-9)11(14)15/h1-5H,(H,14,15). The molecule has 0 saturated carbocycles. The quantitative estimate of drug-likeness (QED) is 0.837. The van der Waals surface area contributed by atoms with E-state index in [1.165, 1.54) is 6.07 Å². The van der Waals surface area contributed by atoms with Crippen molar-refractivity contribution < 1.29 is 14.3 Å². The molecule has 0 spiro atoms. The van der Waals surface area contributed by atoms with Gasteiger partial charge in [-0.3, -0.25) is 0 Å². The maximum absolute atomic E-state index is 10.7. The molecule has 2 rings (SSSR count). The Hall–Kier alpha value is -1.01. The van der Waals surface area contributed by atoms with Gasteiger partial charge in [0, 0.05) is 14.2 Å². The van der Waals surface area contributed by atoms with Crippen LogP contribution in [0.15, 0.2) is 34.7 Å². The topological polar surface area (TPSA) is 50.4 Å². The van der Waals surface area contributed by atoms with Crippen molar-refractivity contribution in [3.8, 4) is 11.3 Å². The number of hydrogen-bond acceptors (Lipinski definition) is 2. The Kier molecular flexibility index (Phi) is 3.20. The molecule has 16 heavy (non-hydrogen) atoms. The van der Waals surface area contributed by atoms with E-state index in [0.717, 1.165) is 9.13 Å². The van der Waals surface area contributed by atoms with Gasteiger partial charge in [0.15, 0.2) is 0 Å². The van der Waals surface area contributed by atoms with Gasteiger partial charge in [-0.1, -0.05) is 11.6 Å². The normalized spacial score (nSPS) is 10.4. The number of hydrogen-bond donors (Lipinski definition) is 1. The largest absolute Gasteiger partial charge is 0.475 e. The van der Waals surface area contributed by atoms with Crippen molar-refractivity contribution in [2.24, 2.45) is 0 Å². The minimum Gasteiger partial charge on any atom is -0.475 e. The van der Waals surface area contributed by atoms with Gasteiger partial charge in [0.05, 0.1) is 0 Å². The molecule has 0 unspecified atom stereocenters. The number of aromatic carboxylic acids is 1. The van der Waals surface area contributed by atoms with E-state index in [-0.39, 0.29) is 5.76 Å². The molecule has 82 valence electrons. The lowest BCUT2D eigenvalue weighted by molar-refractivity contribution is 0.0663. The average molecular weight is 349 g/mol. The van der Waals surface area contributed by atoms with Crippen molar-refractivity contribution in [3.05, 3.63) is 44.7 Å². The Bertz CT molecular complexity index is 548. The molecule has 1 N–H and O–H groups in total. The summed E-state index contributed by atoms with van der Waals surface area (Å²) in [6.07, 6.45) is 0. The summed E-state index contributed by atoms with van der Waals surface area (Å²) < 4.78 is 6.12. The van der Waals surface area contributed by atoms with Gasteiger partial charge in [0.1, 0.15) is 5.76 Å². The second-order valence-electron chi connectivity index (χ2n) is 3.09. The van der Waals surface area contributed by atoms with Crippen LogP contribution in [0.2, 0.25) is 5.02 Å². The molecule has 1 heterocycles. The highest BCUT2D eigenvalue weighted by atomic mass is 127. The predicted molar refractivity (Wildman–Crippen MR) is 68.8 cm³/mol.